The third-order valence-corrected chi connectivity index (χ3v) is 7.73. The summed E-state index contributed by atoms with van der Waals surface area (Å²) in [7, 11) is 5.58. The summed E-state index contributed by atoms with van der Waals surface area (Å²) in [5.74, 6) is 7.56. The summed E-state index contributed by atoms with van der Waals surface area (Å²) in [6, 6.07) is 2.07. The van der Waals surface area contributed by atoms with Crippen molar-refractivity contribution in [2.45, 2.75) is 72.3 Å². The number of methoxy groups -OCH3 is 1. The molecule has 5 nitrogen and oxygen atoms in total. The van der Waals surface area contributed by atoms with E-state index in [1.807, 2.05) is 11.0 Å². The molecule has 2 aliphatic carbocycles. The molecule has 0 aliphatic heterocycles. The van der Waals surface area contributed by atoms with Gasteiger partial charge in [-0.1, -0.05) is 18.8 Å². The summed E-state index contributed by atoms with van der Waals surface area (Å²) in [4.78, 5) is 32.1. The van der Waals surface area contributed by atoms with Gasteiger partial charge in [-0.05, 0) is 91.3 Å². The molecule has 1 aromatic heterocycles. The maximum absolute atomic E-state index is 13.9. The lowest BCUT2D eigenvalue weighted by Gasteiger charge is -2.45. The molecular weight excluding hydrogens is 432 g/mol. The number of thiophene rings is 1. The molecular formula is C27H40N2O3S. The first-order valence-electron chi connectivity index (χ1n) is 12.2. The molecule has 0 atom stereocenters. The zero-order valence-electron chi connectivity index (χ0n) is 21.4. The molecule has 0 aromatic carbocycles. The molecule has 0 bridgehead atoms. The normalized spacial score (nSPS) is 25.1. The van der Waals surface area contributed by atoms with Crippen LogP contribution in [0.2, 0.25) is 0 Å². The summed E-state index contributed by atoms with van der Waals surface area (Å²) in [5.41, 5.74) is 0.555. The molecule has 0 spiro atoms. The predicted octanol–water partition coefficient (Wildman–Crippen LogP) is 5.43. The van der Waals surface area contributed by atoms with Crippen LogP contribution in [-0.4, -0.2) is 50.6 Å². The number of rotatable bonds is 6. The van der Waals surface area contributed by atoms with E-state index in [1.54, 1.807) is 0 Å². The average Bonchev–Trinajstić information content (AvgIpc) is 3.13. The summed E-state index contributed by atoms with van der Waals surface area (Å²) in [6.45, 7) is 9.48. The smallest absolute Gasteiger partial charge is 0.350 e. The van der Waals surface area contributed by atoms with Gasteiger partial charge in [0.05, 0.1) is 17.7 Å². The van der Waals surface area contributed by atoms with Crippen molar-refractivity contribution in [1.82, 2.24) is 4.90 Å². The van der Waals surface area contributed by atoms with Gasteiger partial charge in [-0.3, -0.25) is 4.79 Å². The third kappa shape index (κ3) is 6.61. The van der Waals surface area contributed by atoms with E-state index < -0.39 is 5.97 Å². The van der Waals surface area contributed by atoms with E-state index in [2.05, 4.69) is 58.5 Å². The molecule has 2 aliphatic rings. The molecule has 1 heterocycles. The number of ether oxygens (including phenoxy) is 1. The molecule has 2 fully saturated rings. The number of carbonyl (C=O) groups is 2. The topological polar surface area (TPSA) is 49.9 Å². The van der Waals surface area contributed by atoms with Crippen molar-refractivity contribution in [2.75, 3.05) is 32.6 Å². The molecule has 2 saturated carbocycles. The zero-order valence-corrected chi connectivity index (χ0v) is 22.2. The van der Waals surface area contributed by atoms with Crippen molar-refractivity contribution >= 4 is 28.9 Å². The van der Waals surface area contributed by atoms with Gasteiger partial charge in [-0.25, -0.2) is 4.79 Å². The van der Waals surface area contributed by atoms with Gasteiger partial charge in [0.25, 0.3) is 0 Å². The Labute approximate surface area is 203 Å². The highest BCUT2D eigenvalue weighted by Gasteiger charge is 2.41. The Morgan fingerprint density at radius 1 is 1.15 bits per heavy atom. The second-order valence-electron chi connectivity index (χ2n) is 11.2. The molecule has 3 rings (SSSR count). The minimum atomic E-state index is -0.391. The van der Waals surface area contributed by atoms with Gasteiger partial charge in [-0.2, -0.15) is 0 Å². The zero-order chi connectivity index (χ0) is 24.3. The van der Waals surface area contributed by atoms with Gasteiger partial charge >= 0.3 is 5.97 Å². The van der Waals surface area contributed by atoms with Crippen LogP contribution in [0.4, 0.5) is 5.69 Å². The highest BCUT2D eigenvalue weighted by Crippen LogP contribution is 2.42. The fourth-order valence-corrected chi connectivity index (χ4v) is 5.81. The number of hydrogen-bond acceptors (Lipinski definition) is 5. The lowest BCUT2D eigenvalue weighted by molar-refractivity contribution is -0.124. The van der Waals surface area contributed by atoms with E-state index in [0.29, 0.717) is 22.4 Å². The van der Waals surface area contributed by atoms with Crippen LogP contribution in [-0.2, 0) is 9.53 Å². The summed E-state index contributed by atoms with van der Waals surface area (Å²) in [6.07, 6.45) is 5.97. The molecule has 182 valence electrons. The number of nitrogens with zero attached hydrogens (tertiary/aromatic N) is 2. The lowest BCUT2D eigenvalue weighted by atomic mass is 9.77. The van der Waals surface area contributed by atoms with Crippen LogP contribution in [0.1, 0.15) is 80.8 Å². The number of hydrogen-bond donors (Lipinski definition) is 0. The van der Waals surface area contributed by atoms with Crippen molar-refractivity contribution in [3.05, 3.63) is 15.8 Å². The molecule has 1 amide bonds. The first-order chi connectivity index (χ1) is 15.5. The van der Waals surface area contributed by atoms with Crippen LogP contribution in [0, 0.1) is 35.0 Å². The minimum absolute atomic E-state index is 0.0311. The second kappa shape index (κ2) is 10.6. The van der Waals surface area contributed by atoms with Gasteiger partial charge in [0, 0.05) is 23.9 Å². The standard InChI is InChI=1S/C27H40N2O3S/c1-18-8-10-20(11-9-18)25(30)29(21-14-19(15-21)17-28(5)6)23-16-22(12-13-27(2,3)4)33-24(23)26(31)32-7/h16,18-21H,8-11,14-15,17H2,1-7H3/t18-,19-,20-,21+. The molecule has 6 heteroatoms. The van der Waals surface area contributed by atoms with Gasteiger partial charge in [0.1, 0.15) is 4.88 Å². The fraction of sp³-hybridized carbons (Fsp3) is 0.704. The van der Waals surface area contributed by atoms with E-state index in [1.165, 1.54) is 18.4 Å². The van der Waals surface area contributed by atoms with Gasteiger partial charge in [0.15, 0.2) is 0 Å². The average molecular weight is 473 g/mol. The quantitative estimate of drug-likeness (QED) is 0.409. The first kappa shape index (κ1) is 25.8. The predicted molar refractivity (Wildman–Crippen MR) is 136 cm³/mol. The minimum Gasteiger partial charge on any atom is -0.465 e. The Kier molecular flexibility index (Phi) is 8.29. The van der Waals surface area contributed by atoms with Crippen LogP contribution in [0.25, 0.3) is 0 Å². The summed E-state index contributed by atoms with van der Waals surface area (Å²) in [5, 5.41) is 0. The maximum atomic E-state index is 13.9. The van der Waals surface area contributed by atoms with Crippen molar-refractivity contribution in [3.8, 4) is 11.8 Å². The Bertz CT molecular complexity index is 904. The Morgan fingerprint density at radius 2 is 1.79 bits per heavy atom. The number of anilines is 1. The number of carbonyl (C=O) groups excluding carboxylic acids is 2. The summed E-state index contributed by atoms with van der Waals surface area (Å²) >= 11 is 1.34. The molecule has 0 saturated heterocycles. The van der Waals surface area contributed by atoms with E-state index in [9.17, 15) is 9.59 Å². The van der Waals surface area contributed by atoms with Crippen LogP contribution in [0.5, 0.6) is 0 Å². The summed E-state index contributed by atoms with van der Waals surface area (Å²) < 4.78 is 5.11. The Balaban J connectivity index is 1.96. The van der Waals surface area contributed by atoms with E-state index in [-0.39, 0.29) is 23.3 Å². The lowest BCUT2D eigenvalue weighted by Crippen LogP contribution is -2.52. The van der Waals surface area contributed by atoms with Gasteiger partial charge in [-0.15, -0.1) is 11.3 Å². The highest BCUT2D eigenvalue weighted by atomic mass is 32.1. The molecule has 1 aromatic rings. The third-order valence-electron chi connectivity index (χ3n) is 6.71. The van der Waals surface area contributed by atoms with Crippen LogP contribution >= 0.6 is 11.3 Å². The van der Waals surface area contributed by atoms with E-state index in [4.69, 9.17) is 4.74 Å². The van der Waals surface area contributed by atoms with Crippen LogP contribution < -0.4 is 4.90 Å². The van der Waals surface area contributed by atoms with E-state index >= 15 is 0 Å². The fourth-order valence-electron chi connectivity index (χ4n) is 4.89. The molecule has 0 unspecified atom stereocenters. The van der Waals surface area contributed by atoms with Crippen molar-refractivity contribution in [2.24, 2.45) is 23.2 Å². The Hall–Kier alpha value is -1.84. The monoisotopic (exact) mass is 472 g/mol. The largest absolute Gasteiger partial charge is 0.465 e. The van der Waals surface area contributed by atoms with Gasteiger partial charge < -0.3 is 14.5 Å². The maximum Gasteiger partial charge on any atom is 0.350 e. The number of esters is 1. The van der Waals surface area contributed by atoms with Gasteiger partial charge in [0.2, 0.25) is 5.91 Å². The van der Waals surface area contributed by atoms with Crippen LogP contribution in [0.3, 0.4) is 0 Å². The Morgan fingerprint density at radius 3 is 2.33 bits per heavy atom. The van der Waals surface area contributed by atoms with Crippen molar-refractivity contribution < 1.29 is 14.3 Å². The SMILES string of the molecule is COC(=O)c1sc(C#CC(C)(C)C)cc1N(C(=O)[C@H]1CC[C@H](C)CC1)[C@H]1C[C@@H](CN(C)C)C1. The highest BCUT2D eigenvalue weighted by molar-refractivity contribution is 7.15. The molecule has 33 heavy (non-hydrogen) atoms. The second-order valence-corrected chi connectivity index (χ2v) is 12.3. The van der Waals surface area contributed by atoms with Crippen molar-refractivity contribution in [3.63, 3.8) is 0 Å². The van der Waals surface area contributed by atoms with E-state index in [0.717, 1.165) is 49.9 Å². The molecule has 0 radical (unpaired) electrons. The number of amides is 1. The molecule has 0 N–H and O–H groups in total. The van der Waals surface area contributed by atoms with Crippen LogP contribution in [0.15, 0.2) is 6.07 Å². The van der Waals surface area contributed by atoms with Crippen molar-refractivity contribution in [1.29, 1.82) is 0 Å². The first-order valence-corrected chi connectivity index (χ1v) is 13.0.